The number of rotatable bonds is 5. The molecule has 0 radical (unpaired) electrons. The zero-order valence-electron chi connectivity index (χ0n) is 12.0. The van der Waals surface area contributed by atoms with E-state index in [0.29, 0.717) is 0 Å². The van der Waals surface area contributed by atoms with Crippen LogP contribution in [0.25, 0.3) is 11.1 Å². The van der Waals surface area contributed by atoms with Gasteiger partial charge >= 0.3 is 0 Å². The molecule has 1 heterocycles. The number of amides is 1. The first kappa shape index (κ1) is 14.3. The van der Waals surface area contributed by atoms with E-state index in [2.05, 4.69) is 10.3 Å². The molecule has 0 spiro atoms. The topological polar surface area (TPSA) is 42.0 Å². The highest BCUT2D eigenvalue weighted by molar-refractivity contribution is 5.92. The number of nitrogens with zero attached hydrogens (tertiary/aromatic N) is 1. The zero-order valence-corrected chi connectivity index (χ0v) is 12.0. The summed E-state index contributed by atoms with van der Waals surface area (Å²) in [7, 11) is 0. The van der Waals surface area contributed by atoms with Gasteiger partial charge in [0, 0.05) is 24.0 Å². The largest absolute Gasteiger partial charge is 0.326 e. The molecule has 104 valence electrons. The number of carbonyl (C=O) groups is 1. The highest BCUT2D eigenvalue weighted by Gasteiger charge is 2.13. The fourth-order valence-electron chi connectivity index (χ4n) is 2.19. The van der Waals surface area contributed by atoms with E-state index in [-0.39, 0.29) is 11.8 Å². The van der Waals surface area contributed by atoms with E-state index >= 15 is 0 Å². The van der Waals surface area contributed by atoms with Gasteiger partial charge in [-0.3, -0.25) is 9.78 Å². The van der Waals surface area contributed by atoms with Crippen molar-refractivity contribution in [3.05, 3.63) is 48.8 Å². The van der Waals surface area contributed by atoms with Crippen molar-refractivity contribution in [1.29, 1.82) is 0 Å². The maximum Gasteiger partial charge on any atom is 0.227 e. The van der Waals surface area contributed by atoms with Crippen molar-refractivity contribution in [3.8, 4) is 11.1 Å². The Labute approximate surface area is 120 Å². The molecule has 1 N–H and O–H groups in total. The Bertz CT molecular complexity index is 545. The summed E-state index contributed by atoms with van der Waals surface area (Å²) in [6, 6.07) is 11.8. The summed E-state index contributed by atoms with van der Waals surface area (Å²) in [6.45, 7) is 4.08. The van der Waals surface area contributed by atoms with Gasteiger partial charge in [0.2, 0.25) is 5.91 Å². The Kier molecular flexibility index (Phi) is 4.88. The Balaban J connectivity index is 2.07. The molecule has 0 saturated heterocycles. The van der Waals surface area contributed by atoms with E-state index < -0.39 is 0 Å². The lowest BCUT2D eigenvalue weighted by Gasteiger charge is -2.13. The standard InChI is InChI=1S/C17H20N2O/c1-3-13(4-2)17(20)19-16-7-5-14(6-8-16)15-9-11-18-12-10-15/h5-13H,3-4H2,1-2H3,(H,19,20). The normalized spacial score (nSPS) is 10.6. The van der Waals surface area contributed by atoms with Crippen LogP contribution in [-0.4, -0.2) is 10.9 Å². The maximum absolute atomic E-state index is 12.0. The van der Waals surface area contributed by atoms with E-state index in [9.17, 15) is 4.79 Å². The van der Waals surface area contributed by atoms with Crippen LogP contribution >= 0.6 is 0 Å². The SMILES string of the molecule is CCC(CC)C(=O)Nc1ccc(-c2ccncc2)cc1. The molecule has 0 aliphatic carbocycles. The summed E-state index contributed by atoms with van der Waals surface area (Å²) in [5.41, 5.74) is 3.09. The number of hydrogen-bond donors (Lipinski definition) is 1. The highest BCUT2D eigenvalue weighted by atomic mass is 16.1. The second-order valence-corrected chi connectivity index (χ2v) is 4.82. The Morgan fingerprint density at radius 2 is 1.55 bits per heavy atom. The molecule has 1 amide bonds. The van der Waals surface area contributed by atoms with Crippen LogP contribution in [0.2, 0.25) is 0 Å². The first-order valence-electron chi connectivity index (χ1n) is 7.06. The minimum atomic E-state index is 0.0925. The molecular formula is C17H20N2O. The number of nitrogens with one attached hydrogen (secondary N) is 1. The molecular weight excluding hydrogens is 248 g/mol. The average molecular weight is 268 g/mol. The second-order valence-electron chi connectivity index (χ2n) is 4.82. The molecule has 2 aromatic rings. The summed E-state index contributed by atoms with van der Waals surface area (Å²) in [4.78, 5) is 16.0. The second kappa shape index (κ2) is 6.85. The van der Waals surface area contributed by atoms with Crippen molar-refractivity contribution in [2.45, 2.75) is 26.7 Å². The van der Waals surface area contributed by atoms with Gasteiger partial charge in [-0.2, -0.15) is 0 Å². The van der Waals surface area contributed by atoms with Crippen LogP contribution in [0.1, 0.15) is 26.7 Å². The minimum absolute atomic E-state index is 0.0925. The van der Waals surface area contributed by atoms with Crippen LogP contribution in [0.4, 0.5) is 5.69 Å². The fourth-order valence-corrected chi connectivity index (χ4v) is 2.19. The number of anilines is 1. The number of aromatic nitrogens is 1. The van der Waals surface area contributed by atoms with Crippen molar-refractivity contribution in [3.63, 3.8) is 0 Å². The molecule has 0 bridgehead atoms. The Hall–Kier alpha value is -2.16. The summed E-state index contributed by atoms with van der Waals surface area (Å²) in [6.07, 6.45) is 5.30. The summed E-state index contributed by atoms with van der Waals surface area (Å²) in [5, 5.41) is 2.97. The van der Waals surface area contributed by atoms with Gasteiger partial charge < -0.3 is 5.32 Å². The lowest BCUT2D eigenvalue weighted by molar-refractivity contribution is -0.120. The van der Waals surface area contributed by atoms with Gasteiger partial charge in [0.1, 0.15) is 0 Å². The third kappa shape index (κ3) is 3.44. The van der Waals surface area contributed by atoms with Crippen LogP contribution in [0.15, 0.2) is 48.8 Å². The quantitative estimate of drug-likeness (QED) is 0.886. The van der Waals surface area contributed by atoms with Crippen LogP contribution < -0.4 is 5.32 Å². The van der Waals surface area contributed by atoms with Gasteiger partial charge in [-0.15, -0.1) is 0 Å². The van der Waals surface area contributed by atoms with Crippen molar-refractivity contribution in [1.82, 2.24) is 4.98 Å². The fraction of sp³-hybridized carbons (Fsp3) is 0.294. The van der Waals surface area contributed by atoms with E-state index in [1.807, 2.05) is 50.2 Å². The van der Waals surface area contributed by atoms with Crippen LogP contribution in [0.3, 0.4) is 0 Å². The number of carbonyl (C=O) groups excluding carboxylic acids is 1. The van der Waals surface area contributed by atoms with Gasteiger partial charge in [-0.1, -0.05) is 26.0 Å². The monoisotopic (exact) mass is 268 g/mol. The van der Waals surface area contributed by atoms with E-state index in [1.54, 1.807) is 12.4 Å². The molecule has 0 atom stereocenters. The first-order chi connectivity index (χ1) is 9.74. The van der Waals surface area contributed by atoms with E-state index in [4.69, 9.17) is 0 Å². The lowest BCUT2D eigenvalue weighted by atomic mass is 10.0. The lowest BCUT2D eigenvalue weighted by Crippen LogP contribution is -2.21. The van der Waals surface area contributed by atoms with Crippen molar-refractivity contribution in [2.24, 2.45) is 5.92 Å². The molecule has 2 rings (SSSR count). The van der Waals surface area contributed by atoms with Crippen LogP contribution in [-0.2, 0) is 4.79 Å². The molecule has 20 heavy (non-hydrogen) atoms. The van der Waals surface area contributed by atoms with E-state index in [1.165, 1.54) is 0 Å². The number of pyridine rings is 1. The smallest absolute Gasteiger partial charge is 0.227 e. The third-order valence-corrected chi connectivity index (χ3v) is 3.52. The Morgan fingerprint density at radius 3 is 2.10 bits per heavy atom. The van der Waals surface area contributed by atoms with Gasteiger partial charge in [0.05, 0.1) is 0 Å². The number of hydrogen-bond acceptors (Lipinski definition) is 2. The van der Waals surface area contributed by atoms with E-state index in [0.717, 1.165) is 29.7 Å². The predicted octanol–water partition coefficient (Wildman–Crippen LogP) is 4.12. The highest BCUT2D eigenvalue weighted by Crippen LogP contribution is 2.21. The molecule has 0 aliphatic heterocycles. The van der Waals surface area contributed by atoms with Gasteiger partial charge in [0.25, 0.3) is 0 Å². The first-order valence-corrected chi connectivity index (χ1v) is 7.06. The zero-order chi connectivity index (χ0) is 14.4. The predicted molar refractivity (Wildman–Crippen MR) is 82.4 cm³/mol. The van der Waals surface area contributed by atoms with Gasteiger partial charge in [0.15, 0.2) is 0 Å². The van der Waals surface area contributed by atoms with Crippen LogP contribution in [0, 0.1) is 5.92 Å². The summed E-state index contributed by atoms with van der Waals surface area (Å²) >= 11 is 0. The molecule has 3 nitrogen and oxygen atoms in total. The van der Waals surface area contributed by atoms with Crippen molar-refractivity contribution in [2.75, 3.05) is 5.32 Å². The molecule has 3 heteroatoms. The average Bonchev–Trinajstić information content (AvgIpc) is 2.50. The molecule has 0 saturated carbocycles. The van der Waals surface area contributed by atoms with Crippen LogP contribution in [0.5, 0.6) is 0 Å². The summed E-state index contributed by atoms with van der Waals surface area (Å²) in [5.74, 6) is 0.196. The third-order valence-electron chi connectivity index (χ3n) is 3.52. The Morgan fingerprint density at radius 1 is 1.00 bits per heavy atom. The molecule has 0 aliphatic rings. The summed E-state index contributed by atoms with van der Waals surface area (Å²) < 4.78 is 0. The minimum Gasteiger partial charge on any atom is -0.326 e. The number of benzene rings is 1. The van der Waals surface area contributed by atoms with Gasteiger partial charge in [-0.05, 0) is 48.2 Å². The van der Waals surface area contributed by atoms with Crippen molar-refractivity contribution < 1.29 is 4.79 Å². The van der Waals surface area contributed by atoms with Crippen molar-refractivity contribution >= 4 is 11.6 Å². The molecule has 1 aromatic carbocycles. The molecule has 1 aromatic heterocycles. The maximum atomic E-state index is 12.0. The molecule has 0 unspecified atom stereocenters. The van der Waals surface area contributed by atoms with Gasteiger partial charge in [-0.25, -0.2) is 0 Å². The molecule has 0 fully saturated rings.